The van der Waals surface area contributed by atoms with Gasteiger partial charge in [0.05, 0.1) is 0 Å². The summed E-state index contributed by atoms with van der Waals surface area (Å²) in [6.07, 6.45) is 1.93. The summed E-state index contributed by atoms with van der Waals surface area (Å²) in [5, 5.41) is 9.37. The molecule has 114 valence electrons. The minimum absolute atomic E-state index is 0.0248. The molecule has 0 aliphatic carbocycles. The van der Waals surface area contributed by atoms with Gasteiger partial charge in [-0.3, -0.25) is 4.90 Å². The predicted molar refractivity (Wildman–Crippen MR) is 77.8 cm³/mol. The Labute approximate surface area is 124 Å². The molecule has 5 heteroatoms. The van der Waals surface area contributed by atoms with Crippen LogP contribution >= 0.6 is 0 Å². The summed E-state index contributed by atoms with van der Waals surface area (Å²) >= 11 is 0. The lowest BCUT2D eigenvalue weighted by atomic mass is 9.95. The topological polar surface area (TPSA) is 66.8 Å². The summed E-state index contributed by atoms with van der Waals surface area (Å²) in [4.78, 5) is 24.9. The molecule has 0 saturated carbocycles. The van der Waals surface area contributed by atoms with E-state index in [0.29, 0.717) is 6.54 Å². The van der Waals surface area contributed by atoms with Crippen LogP contribution in [0.1, 0.15) is 31.7 Å². The van der Waals surface area contributed by atoms with Gasteiger partial charge in [-0.2, -0.15) is 0 Å². The van der Waals surface area contributed by atoms with E-state index in [4.69, 9.17) is 4.74 Å². The van der Waals surface area contributed by atoms with Crippen molar-refractivity contribution in [2.75, 3.05) is 6.54 Å². The van der Waals surface area contributed by atoms with E-state index in [-0.39, 0.29) is 12.5 Å². The minimum atomic E-state index is -0.942. The third-order valence-corrected chi connectivity index (χ3v) is 3.88. The van der Waals surface area contributed by atoms with Crippen molar-refractivity contribution in [3.05, 3.63) is 35.9 Å². The number of benzene rings is 1. The molecule has 1 aliphatic heterocycles. The molecule has 0 unspecified atom stereocenters. The van der Waals surface area contributed by atoms with Gasteiger partial charge in [0.25, 0.3) is 0 Å². The number of carboxylic acids is 1. The van der Waals surface area contributed by atoms with Crippen LogP contribution in [0.15, 0.2) is 30.3 Å². The number of ether oxygens (including phenoxy) is 1. The second-order valence-corrected chi connectivity index (χ2v) is 5.35. The lowest BCUT2D eigenvalue weighted by molar-refractivity contribution is -0.143. The van der Waals surface area contributed by atoms with Crippen molar-refractivity contribution in [2.24, 2.45) is 5.92 Å². The molecule has 0 spiro atoms. The zero-order chi connectivity index (χ0) is 15.2. The number of carbonyl (C=O) groups excluding carboxylic acids is 1. The van der Waals surface area contributed by atoms with Gasteiger partial charge in [-0.25, -0.2) is 9.59 Å². The van der Waals surface area contributed by atoms with Crippen molar-refractivity contribution < 1.29 is 19.4 Å². The standard InChI is InChI=1S/C16H21NO4/c1-2-6-13-9-10-17(14(13)15(18)19)16(20)21-11-12-7-4-3-5-8-12/h3-5,7-8,13-14H,2,6,9-11H2,1H3,(H,18,19)/t13-,14-/m0/s1. The molecule has 1 aliphatic rings. The molecule has 5 nitrogen and oxygen atoms in total. The number of hydrogen-bond donors (Lipinski definition) is 1. The number of likely N-dealkylation sites (tertiary alicyclic amines) is 1. The first-order valence-electron chi connectivity index (χ1n) is 7.33. The van der Waals surface area contributed by atoms with Gasteiger partial charge in [-0.15, -0.1) is 0 Å². The van der Waals surface area contributed by atoms with E-state index in [1.165, 1.54) is 4.90 Å². The molecule has 0 aromatic heterocycles. The van der Waals surface area contributed by atoms with Crippen molar-refractivity contribution in [1.29, 1.82) is 0 Å². The summed E-state index contributed by atoms with van der Waals surface area (Å²) in [6, 6.07) is 8.61. The van der Waals surface area contributed by atoms with E-state index >= 15 is 0 Å². The Morgan fingerprint density at radius 3 is 2.67 bits per heavy atom. The largest absolute Gasteiger partial charge is 0.480 e. The lowest BCUT2D eigenvalue weighted by Gasteiger charge is -2.24. The summed E-state index contributed by atoms with van der Waals surface area (Å²) < 4.78 is 5.24. The highest BCUT2D eigenvalue weighted by Gasteiger charge is 2.42. The molecule has 2 atom stereocenters. The molecule has 1 heterocycles. The van der Waals surface area contributed by atoms with Crippen LogP contribution < -0.4 is 0 Å². The summed E-state index contributed by atoms with van der Waals surface area (Å²) in [5.41, 5.74) is 0.891. The zero-order valence-electron chi connectivity index (χ0n) is 12.2. The third-order valence-electron chi connectivity index (χ3n) is 3.88. The van der Waals surface area contributed by atoms with Crippen LogP contribution in [0.2, 0.25) is 0 Å². The average Bonchev–Trinajstić information content (AvgIpc) is 2.90. The Kier molecular flexibility index (Phi) is 5.20. The normalized spacial score (nSPS) is 21.3. The van der Waals surface area contributed by atoms with E-state index in [1.807, 2.05) is 37.3 Å². The highest BCUT2D eigenvalue weighted by Crippen LogP contribution is 2.29. The highest BCUT2D eigenvalue weighted by molar-refractivity contribution is 5.81. The molecule has 1 N–H and O–H groups in total. The number of carbonyl (C=O) groups is 2. The number of amides is 1. The van der Waals surface area contributed by atoms with Crippen LogP contribution in [-0.2, 0) is 16.1 Å². The minimum Gasteiger partial charge on any atom is -0.480 e. The Morgan fingerprint density at radius 2 is 2.05 bits per heavy atom. The lowest BCUT2D eigenvalue weighted by Crippen LogP contribution is -2.43. The van der Waals surface area contributed by atoms with Crippen molar-refractivity contribution in [2.45, 2.75) is 38.8 Å². The maximum absolute atomic E-state index is 12.1. The van der Waals surface area contributed by atoms with Gasteiger partial charge in [0.1, 0.15) is 12.6 Å². The van der Waals surface area contributed by atoms with Crippen molar-refractivity contribution >= 4 is 12.1 Å². The summed E-state index contributed by atoms with van der Waals surface area (Å²) in [5.74, 6) is -0.917. The van der Waals surface area contributed by atoms with Crippen LogP contribution in [0.25, 0.3) is 0 Å². The number of hydrogen-bond acceptors (Lipinski definition) is 3. The molecule has 1 saturated heterocycles. The Balaban J connectivity index is 1.96. The number of aliphatic carboxylic acids is 1. The van der Waals surface area contributed by atoms with E-state index in [1.54, 1.807) is 0 Å². The van der Waals surface area contributed by atoms with Gasteiger partial charge in [-0.1, -0.05) is 43.7 Å². The Hall–Kier alpha value is -2.04. The first kappa shape index (κ1) is 15.4. The van der Waals surface area contributed by atoms with Gasteiger partial charge < -0.3 is 9.84 Å². The second-order valence-electron chi connectivity index (χ2n) is 5.35. The van der Waals surface area contributed by atoms with Crippen molar-refractivity contribution in [3.63, 3.8) is 0 Å². The molecule has 2 rings (SSSR count). The first-order chi connectivity index (χ1) is 10.1. The SMILES string of the molecule is CCC[C@H]1CCN(C(=O)OCc2ccccc2)[C@@H]1C(=O)O. The maximum atomic E-state index is 12.1. The second kappa shape index (κ2) is 7.11. The molecule has 0 radical (unpaired) electrons. The van der Waals surface area contributed by atoms with E-state index in [2.05, 4.69) is 0 Å². The smallest absolute Gasteiger partial charge is 0.410 e. The number of carboxylic acid groups (broad SMARTS) is 1. The molecular weight excluding hydrogens is 270 g/mol. The van der Waals surface area contributed by atoms with Crippen LogP contribution in [-0.4, -0.2) is 34.7 Å². The fourth-order valence-corrected chi connectivity index (χ4v) is 2.87. The van der Waals surface area contributed by atoms with E-state index in [0.717, 1.165) is 24.8 Å². The fraction of sp³-hybridized carbons (Fsp3) is 0.500. The van der Waals surface area contributed by atoms with Gasteiger partial charge in [0.15, 0.2) is 0 Å². The number of nitrogens with zero attached hydrogens (tertiary/aromatic N) is 1. The molecule has 1 aromatic rings. The number of rotatable bonds is 5. The molecule has 1 fully saturated rings. The van der Waals surface area contributed by atoms with E-state index < -0.39 is 18.1 Å². The van der Waals surface area contributed by atoms with Crippen molar-refractivity contribution in [3.8, 4) is 0 Å². The van der Waals surface area contributed by atoms with Gasteiger partial charge in [0.2, 0.25) is 0 Å². The maximum Gasteiger partial charge on any atom is 0.410 e. The predicted octanol–water partition coefficient (Wildman–Crippen LogP) is 2.90. The van der Waals surface area contributed by atoms with Crippen LogP contribution in [0, 0.1) is 5.92 Å². The van der Waals surface area contributed by atoms with Crippen LogP contribution in [0.5, 0.6) is 0 Å². The summed E-state index contributed by atoms with van der Waals surface area (Å²) in [6.45, 7) is 2.64. The monoisotopic (exact) mass is 291 g/mol. The Morgan fingerprint density at radius 1 is 1.33 bits per heavy atom. The van der Waals surface area contributed by atoms with Crippen LogP contribution in [0.4, 0.5) is 4.79 Å². The molecule has 1 amide bonds. The third kappa shape index (κ3) is 3.74. The van der Waals surface area contributed by atoms with Crippen molar-refractivity contribution in [1.82, 2.24) is 4.90 Å². The van der Waals surface area contributed by atoms with Gasteiger partial charge in [-0.05, 0) is 24.3 Å². The quantitative estimate of drug-likeness (QED) is 0.905. The highest BCUT2D eigenvalue weighted by atomic mass is 16.6. The van der Waals surface area contributed by atoms with Crippen LogP contribution in [0.3, 0.4) is 0 Å². The average molecular weight is 291 g/mol. The molecular formula is C16H21NO4. The fourth-order valence-electron chi connectivity index (χ4n) is 2.87. The first-order valence-corrected chi connectivity index (χ1v) is 7.33. The van der Waals surface area contributed by atoms with Gasteiger partial charge in [0, 0.05) is 6.54 Å². The van der Waals surface area contributed by atoms with Gasteiger partial charge >= 0.3 is 12.1 Å². The van der Waals surface area contributed by atoms with E-state index in [9.17, 15) is 14.7 Å². The molecule has 1 aromatic carbocycles. The Bertz CT molecular complexity index is 488. The zero-order valence-corrected chi connectivity index (χ0v) is 12.2. The molecule has 21 heavy (non-hydrogen) atoms. The molecule has 0 bridgehead atoms. The summed E-state index contributed by atoms with van der Waals surface area (Å²) in [7, 11) is 0.